The monoisotopic (exact) mass is 256 g/mol. The van der Waals surface area contributed by atoms with E-state index in [1.54, 1.807) is 18.7 Å². The summed E-state index contributed by atoms with van der Waals surface area (Å²) in [7, 11) is 0. The second-order valence-electron chi connectivity index (χ2n) is 3.36. The molecule has 0 aliphatic carbocycles. The number of hydrogen-bond acceptors (Lipinski definition) is 4. The average Bonchev–Trinajstić information content (AvgIpc) is 2.28. The highest BCUT2D eigenvalue weighted by atomic mass is 32.2. The van der Waals surface area contributed by atoms with E-state index in [2.05, 4.69) is 10.3 Å². The minimum absolute atomic E-state index is 0.207. The van der Waals surface area contributed by atoms with E-state index in [0.29, 0.717) is 17.9 Å². The lowest BCUT2D eigenvalue weighted by Crippen LogP contribution is -2.29. The van der Waals surface area contributed by atoms with E-state index in [4.69, 9.17) is 0 Å². The zero-order chi connectivity index (χ0) is 12.8. The van der Waals surface area contributed by atoms with E-state index in [0.717, 1.165) is 5.75 Å². The number of hydrogen-bond donors (Lipinski definition) is 3. The maximum absolute atomic E-state index is 11.6. The van der Waals surface area contributed by atoms with Gasteiger partial charge in [-0.05, 0) is 12.7 Å². The molecule has 1 amide bonds. The molecule has 0 saturated carbocycles. The van der Waals surface area contributed by atoms with Gasteiger partial charge < -0.3 is 15.4 Å². The van der Waals surface area contributed by atoms with Gasteiger partial charge in [-0.1, -0.05) is 6.92 Å². The van der Waals surface area contributed by atoms with Crippen LogP contribution in [0.15, 0.2) is 11.0 Å². The summed E-state index contributed by atoms with van der Waals surface area (Å²) in [6, 6.07) is 0. The highest BCUT2D eigenvalue weighted by Gasteiger charge is 2.18. The standard InChI is InChI=1S/C11H16N2O3S/c1-3-12-10(15)8-9(14)7(6-17-4-2)5-13-11(8)16/h5H,3-4,6H2,1-2H3,(H,12,15)(H2,13,14,16). The second kappa shape index (κ2) is 6.34. The third-order valence-corrected chi connectivity index (χ3v) is 3.09. The number of rotatable bonds is 5. The van der Waals surface area contributed by atoms with Crippen molar-refractivity contribution < 1.29 is 9.90 Å². The molecule has 94 valence electrons. The Labute approximate surface area is 104 Å². The molecule has 0 atom stereocenters. The van der Waals surface area contributed by atoms with Crippen LogP contribution in [-0.4, -0.2) is 28.3 Å². The van der Waals surface area contributed by atoms with Gasteiger partial charge in [0.05, 0.1) is 0 Å². The Balaban J connectivity index is 3.11. The molecule has 5 nitrogen and oxygen atoms in total. The molecule has 0 aromatic carbocycles. The van der Waals surface area contributed by atoms with E-state index < -0.39 is 11.5 Å². The largest absolute Gasteiger partial charge is 0.507 e. The van der Waals surface area contributed by atoms with Gasteiger partial charge in [0.15, 0.2) is 0 Å². The van der Waals surface area contributed by atoms with Crippen molar-refractivity contribution in [1.82, 2.24) is 10.3 Å². The Bertz CT molecular complexity index is 457. The lowest BCUT2D eigenvalue weighted by atomic mass is 10.1. The molecule has 1 aromatic rings. The predicted molar refractivity (Wildman–Crippen MR) is 68.6 cm³/mol. The van der Waals surface area contributed by atoms with E-state index in [1.165, 1.54) is 6.20 Å². The average molecular weight is 256 g/mol. The van der Waals surface area contributed by atoms with Gasteiger partial charge in [-0.3, -0.25) is 9.59 Å². The highest BCUT2D eigenvalue weighted by Crippen LogP contribution is 2.22. The number of aromatic nitrogens is 1. The summed E-state index contributed by atoms with van der Waals surface area (Å²) >= 11 is 1.60. The van der Waals surface area contributed by atoms with Crippen molar-refractivity contribution >= 4 is 17.7 Å². The molecular formula is C11H16N2O3S. The van der Waals surface area contributed by atoms with Gasteiger partial charge in [0, 0.05) is 24.1 Å². The number of nitrogens with one attached hydrogen (secondary N) is 2. The maximum atomic E-state index is 11.6. The molecule has 1 aromatic heterocycles. The van der Waals surface area contributed by atoms with Crippen molar-refractivity contribution in [1.29, 1.82) is 0 Å². The van der Waals surface area contributed by atoms with E-state index in [-0.39, 0.29) is 11.3 Å². The molecule has 0 unspecified atom stereocenters. The molecule has 0 aliphatic heterocycles. The van der Waals surface area contributed by atoms with Crippen molar-refractivity contribution in [2.75, 3.05) is 12.3 Å². The Hall–Kier alpha value is -1.43. The third-order valence-electron chi connectivity index (χ3n) is 2.17. The van der Waals surface area contributed by atoms with Crippen LogP contribution in [0.3, 0.4) is 0 Å². The van der Waals surface area contributed by atoms with Gasteiger partial charge >= 0.3 is 0 Å². The van der Waals surface area contributed by atoms with Crippen LogP contribution in [0.2, 0.25) is 0 Å². The number of aromatic amines is 1. The van der Waals surface area contributed by atoms with Crippen LogP contribution in [0.1, 0.15) is 29.8 Å². The van der Waals surface area contributed by atoms with Gasteiger partial charge in [0.2, 0.25) is 0 Å². The lowest BCUT2D eigenvalue weighted by molar-refractivity contribution is 0.0951. The first-order chi connectivity index (χ1) is 8.11. The zero-order valence-electron chi connectivity index (χ0n) is 9.87. The minimum Gasteiger partial charge on any atom is -0.507 e. The van der Waals surface area contributed by atoms with Crippen LogP contribution in [0, 0.1) is 0 Å². The lowest BCUT2D eigenvalue weighted by Gasteiger charge is -2.08. The van der Waals surface area contributed by atoms with E-state index >= 15 is 0 Å². The van der Waals surface area contributed by atoms with E-state index in [1.807, 2.05) is 6.92 Å². The van der Waals surface area contributed by atoms with Gasteiger partial charge in [-0.25, -0.2) is 0 Å². The molecule has 3 N–H and O–H groups in total. The zero-order valence-corrected chi connectivity index (χ0v) is 10.7. The number of carbonyl (C=O) groups excluding carboxylic acids is 1. The van der Waals surface area contributed by atoms with Crippen LogP contribution >= 0.6 is 11.8 Å². The van der Waals surface area contributed by atoms with Crippen molar-refractivity contribution in [2.45, 2.75) is 19.6 Å². The SMILES string of the molecule is CCNC(=O)c1c(O)c(CSCC)c[nH]c1=O. The minimum atomic E-state index is -0.571. The number of thioether (sulfide) groups is 1. The number of carbonyl (C=O) groups is 1. The number of pyridine rings is 1. The fraction of sp³-hybridized carbons (Fsp3) is 0.455. The topological polar surface area (TPSA) is 82.2 Å². The molecule has 6 heteroatoms. The maximum Gasteiger partial charge on any atom is 0.264 e. The summed E-state index contributed by atoms with van der Waals surface area (Å²) in [5.41, 5.74) is -0.211. The fourth-order valence-electron chi connectivity index (χ4n) is 1.34. The van der Waals surface area contributed by atoms with Gasteiger partial charge in [0.1, 0.15) is 11.3 Å². The van der Waals surface area contributed by atoms with Gasteiger partial charge in [-0.2, -0.15) is 11.8 Å². The third kappa shape index (κ3) is 3.26. The highest BCUT2D eigenvalue weighted by molar-refractivity contribution is 7.98. The summed E-state index contributed by atoms with van der Waals surface area (Å²) in [5.74, 6) is 0.691. The van der Waals surface area contributed by atoms with Crippen LogP contribution in [0.25, 0.3) is 0 Å². The summed E-state index contributed by atoms with van der Waals surface area (Å²) in [6.45, 7) is 4.16. The first-order valence-corrected chi connectivity index (χ1v) is 6.56. The summed E-state index contributed by atoms with van der Waals surface area (Å²) in [4.78, 5) is 25.6. The first-order valence-electron chi connectivity index (χ1n) is 5.41. The van der Waals surface area contributed by atoms with Gasteiger partial charge in [-0.15, -0.1) is 0 Å². The number of H-pyrrole nitrogens is 1. The molecule has 17 heavy (non-hydrogen) atoms. The summed E-state index contributed by atoms with van der Waals surface area (Å²) in [6.07, 6.45) is 1.45. The molecule has 1 rings (SSSR count). The number of aromatic hydroxyl groups is 1. The van der Waals surface area contributed by atoms with Crippen molar-refractivity contribution in [3.8, 4) is 5.75 Å². The molecule has 0 aliphatic rings. The van der Waals surface area contributed by atoms with Crippen LogP contribution in [0.4, 0.5) is 0 Å². The van der Waals surface area contributed by atoms with Crippen molar-refractivity contribution in [3.63, 3.8) is 0 Å². The smallest absolute Gasteiger partial charge is 0.264 e. The Morgan fingerprint density at radius 1 is 1.53 bits per heavy atom. The Kier molecular flexibility index (Phi) is 5.09. The fourth-order valence-corrected chi connectivity index (χ4v) is 1.99. The molecule has 1 heterocycles. The Morgan fingerprint density at radius 3 is 2.82 bits per heavy atom. The molecule has 0 radical (unpaired) electrons. The molecule has 0 saturated heterocycles. The summed E-state index contributed by atoms with van der Waals surface area (Å²) in [5, 5.41) is 12.4. The van der Waals surface area contributed by atoms with Crippen LogP contribution < -0.4 is 10.9 Å². The van der Waals surface area contributed by atoms with Crippen LogP contribution in [-0.2, 0) is 5.75 Å². The van der Waals surface area contributed by atoms with E-state index in [9.17, 15) is 14.7 Å². The molecule has 0 bridgehead atoms. The first kappa shape index (κ1) is 13.6. The Morgan fingerprint density at radius 2 is 2.24 bits per heavy atom. The molecular weight excluding hydrogens is 240 g/mol. The predicted octanol–water partition coefficient (Wildman–Crippen LogP) is 1.08. The second-order valence-corrected chi connectivity index (χ2v) is 4.64. The molecule has 0 spiro atoms. The molecule has 0 fully saturated rings. The quantitative estimate of drug-likeness (QED) is 0.736. The van der Waals surface area contributed by atoms with Crippen molar-refractivity contribution in [2.24, 2.45) is 0 Å². The van der Waals surface area contributed by atoms with Crippen molar-refractivity contribution in [3.05, 3.63) is 27.7 Å². The normalized spacial score (nSPS) is 10.2. The van der Waals surface area contributed by atoms with Gasteiger partial charge in [0.25, 0.3) is 11.5 Å². The number of amides is 1. The van der Waals surface area contributed by atoms with Crippen LogP contribution in [0.5, 0.6) is 5.75 Å². The summed E-state index contributed by atoms with van der Waals surface area (Å²) < 4.78 is 0.